The van der Waals surface area contributed by atoms with E-state index in [9.17, 15) is 19.8 Å². The number of aliphatic hydroxyl groups is 2. The topological polar surface area (TPSA) is 83.8 Å². The van der Waals surface area contributed by atoms with Crippen LogP contribution in [0, 0.1) is 0 Å². The Labute approximate surface area is 108 Å². The monoisotopic (exact) mass is 260 g/mol. The predicted octanol–water partition coefficient (Wildman–Crippen LogP) is 1.55. The zero-order valence-electron chi connectivity index (χ0n) is 11.2. The molecule has 0 radical (unpaired) electrons. The molecule has 0 bridgehead atoms. The molecule has 0 aliphatic heterocycles. The standard InChI is InChI=1S/C13H24O5/c1-3-4-5-6-7-11(15)8-12(16)9-13(17)18-10(2)14/h11-12,15-16H,3-9H2,1-2H3. The van der Waals surface area contributed by atoms with Crippen molar-refractivity contribution in [1.29, 1.82) is 0 Å². The van der Waals surface area contributed by atoms with Gasteiger partial charge in [-0.1, -0.05) is 32.6 Å². The van der Waals surface area contributed by atoms with E-state index in [2.05, 4.69) is 11.7 Å². The smallest absolute Gasteiger partial charge is 0.316 e. The van der Waals surface area contributed by atoms with Gasteiger partial charge in [0, 0.05) is 6.92 Å². The fourth-order valence-corrected chi connectivity index (χ4v) is 1.72. The van der Waals surface area contributed by atoms with Crippen LogP contribution in [0.15, 0.2) is 0 Å². The van der Waals surface area contributed by atoms with Gasteiger partial charge in [-0.05, 0) is 12.8 Å². The second-order valence-electron chi connectivity index (χ2n) is 4.56. The van der Waals surface area contributed by atoms with Crippen LogP contribution in [-0.4, -0.2) is 34.4 Å². The number of ether oxygens (including phenoxy) is 1. The molecule has 0 rings (SSSR count). The summed E-state index contributed by atoms with van der Waals surface area (Å²) in [6, 6.07) is 0. The van der Waals surface area contributed by atoms with E-state index in [1.54, 1.807) is 0 Å². The second-order valence-corrected chi connectivity index (χ2v) is 4.56. The third-order valence-electron chi connectivity index (χ3n) is 2.59. The first-order chi connectivity index (χ1) is 8.45. The summed E-state index contributed by atoms with van der Waals surface area (Å²) < 4.78 is 4.30. The molecule has 5 nitrogen and oxygen atoms in total. The maximum absolute atomic E-state index is 11.1. The fourth-order valence-electron chi connectivity index (χ4n) is 1.72. The van der Waals surface area contributed by atoms with Gasteiger partial charge >= 0.3 is 11.9 Å². The highest BCUT2D eigenvalue weighted by Crippen LogP contribution is 2.11. The summed E-state index contributed by atoms with van der Waals surface area (Å²) in [4.78, 5) is 21.5. The number of rotatable bonds is 9. The Bertz CT molecular complexity index is 252. The molecule has 2 N–H and O–H groups in total. The fraction of sp³-hybridized carbons (Fsp3) is 0.846. The molecule has 0 spiro atoms. The Hall–Kier alpha value is -0.940. The zero-order chi connectivity index (χ0) is 14.0. The Morgan fingerprint density at radius 1 is 1.11 bits per heavy atom. The molecular weight excluding hydrogens is 236 g/mol. The van der Waals surface area contributed by atoms with Gasteiger partial charge in [0.15, 0.2) is 0 Å². The van der Waals surface area contributed by atoms with Crippen LogP contribution >= 0.6 is 0 Å². The van der Waals surface area contributed by atoms with Crippen LogP contribution in [0.2, 0.25) is 0 Å². The van der Waals surface area contributed by atoms with Crippen LogP contribution in [0.25, 0.3) is 0 Å². The Balaban J connectivity index is 3.69. The van der Waals surface area contributed by atoms with Crippen molar-refractivity contribution in [2.24, 2.45) is 0 Å². The van der Waals surface area contributed by atoms with Gasteiger partial charge in [0.2, 0.25) is 0 Å². The lowest BCUT2D eigenvalue weighted by molar-refractivity contribution is -0.159. The molecule has 0 saturated heterocycles. The van der Waals surface area contributed by atoms with Crippen molar-refractivity contribution >= 4 is 11.9 Å². The summed E-state index contributed by atoms with van der Waals surface area (Å²) in [6.45, 7) is 3.24. The molecule has 106 valence electrons. The van der Waals surface area contributed by atoms with Crippen LogP contribution in [0.5, 0.6) is 0 Å². The summed E-state index contributed by atoms with van der Waals surface area (Å²) in [6.07, 6.45) is 3.19. The van der Waals surface area contributed by atoms with E-state index >= 15 is 0 Å². The predicted molar refractivity (Wildman–Crippen MR) is 66.8 cm³/mol. The highest BCUT2D eigenvalue weighted by Gasteiger charge is 2.17. The summed E-state index contributed by atoms with van der Waals surface area (Å²) in [7, 11) is 0. The minimum atomic E-state index is -0.960. The Morgan fingerprint density at radius 2 is 1.78 bits per heavy atom. The third-order valence-corrected chi connectivity index (χ3v) is 2.59. The normalized spacial score (nSPS) is 14.0. The molecule has 5 heteroatoms. The second kappa shape index (κ2) is 10.0. The number of carbonyl (C=O) groups excluding carboxylic acids is 2. The van der Waals surface area contributed by atoms with Gasteiger partial charge in [0.05, 0.1) is 18.6 Å². The molecule has 0 saturated carbocycles. The first-order valence-electron chi connectivity index (χ1n) is 6.53. The van der Waals surface area contributed by atoms with Gasteiger partial charge in [-0.15, -0.1) is 0 Å². The van der Waals surface area contributed by atoms with Crippen LogP contribution in [-0.2, 0) is 14.3 Å². The molecule has 0 aromatic carbocycles. The molecule has 2 unspecified atom stereocenters. The zero-order valence-corrected chi connectivity index (χ0v) is 11.2. The van der Waals surface area contributed by atoms with Crippen molar-refractivity contribution in [3.8, 4) is 0 Å². The SMILES string of the molecule is CCCCCCC(O)CC(O)CC(=O)OC(C)=O. The Kier molecular flexibility index (Phi) is 9.50. The Morgan fingerprint density at radius 3 is 2.33 bits per heavy atom. The number of esters is 2. The summed E-state index contributed by atoms with van der Waals surface area (Å²) in [5.41, 5.74) is 0. The van der Waals surface area contributed by atoms with Crippen LogP contribution in [0.1, 0.15) is 58.8 Å². The lowest BCUT2D eigenvalue weighted by atomic mass is 10.0. The molecule has 0 aliphatic carbocycles. The quantitative estimate of drug-likeness (QED) is 0.373. The van der Waals surface area contributed by atoms with E-state index < -0.39 is 24.1 Å². The van der Waals surface area contributed by atoms with E-state index in [-0.39, 0.29) is 12.8 Å². The van der Waals surface area contributed by atoms with Crippen LogP contribution < -0.4 is 0 Å². The van der Waals surface area contributed by atoms with Crippen molar-refractivity contribution in [1.82, 2.24) is 0 Å². The molecule has 0 fully saturated rings. The molecule has 0 aliphatic rings. The minimum absolute atomic E-state index is 0.138. The van der Waals surface area contributed by atoms with Gasteiger partial charge in [-0.2, -0.15) is 0 Å². The first-order valence-corrected chi connectivity index (χ1v) is 6.53. The lowest BCUT2D eigenvalue weighted by Crippen LogP contribution is -2.22. The average molecular weight is 260 g/mol. The van der Waals surface area contributed by atoms with E-state index in [1.165, 1.54) is 0 Å². The van der Waals surface area contributed by atoms with E-state index in [4.69, 9.17) is 0 Å². The van der Waals surface area contributed by atoms with Gasteiger partial charge < -0.3 is 14.9 Å². The van der Waals surface area contributed by atoms with E-state index in [0.717, 1.165) is 32.6 Å². The van der Waals surface area contributed by atoms with Crippen molar-refractivity contribution in [2.45, 2.75) is 71.0 Å². The maximum atomic E-state index is 11.1. The largest absolute Gasteiger partial charge is 0.393 e. The molecule has 0 heterocycles. The molecule has 18 heavy (non-hydrogen) atoms. The summed E-state index contributed by atoms with van der Waals surface area (Å²) in [5.74, 6) is -1.44. The molecular formula is C13H24O5. The highest BCUT2D eigenvalue weighted by molar-refractivity contribution is 5.84. The molecule has 0 amide bonds. The summed E-state index contributed by atoms with van der Waals surface area (Å²) >= 11 is 0. The highest BCUT2D eigenvalue weighted by atomic mass is 16.6. The van der Waals surface area contributed by atoms with Gasteiger partial charge in [-0.3, -0.25) is 9.59 Å². The third kappa shape index (κ3) is 10.2. The van der Waals surface area contributed by atoms with Gasteiger partial charge in [0.25, 0.3) is 0 Å². The number of hydrogen-bond donors (Lipinski definition) is 2. The van der Waals surface area contributed by atoms with Crippen molar-refractivity contribution in [3.63, 3.8) is 0 Å². The number of aliphatic hydroxyl groups excluding tert-OH is 2. The number of hydrogen-bond acceptors (Lipinski definition) is 5. The average Bonchev–Trinajstić information content (AvgIpc) is 2.22. The molecule has 0 aromatic rings. The molecule has 0 aromatic heterocycles. The van der Waals surface area contributed by atoms with Gasteiger partial charge in [0.1, 0.15) is 0 Å². The number of unbranched alkanes of at least 4 members (excludes halogenated alkanes) is 3. The minimum Gasteiger partial charge on any atom is -0.393 e. The van der Waals surface area contributed by atoms with Crippen LogP contribution in [0.3, 0.4) is 0 Å². The van der Waals surface area contributed by atoms with E-state index in [0.29, 0.717) is 6.42 Å². The van der Waals surface area contributed by atoms with Crippen molar-refractivity contribution in [3.05, 3.63) is 0 Å². The van der Waals surface area contributed by atoms with Gasteiger partial charge in [-0.25, -0.2) is 0 Å². The lowest BCUT2D eigenvalue weighted by Gasteiger charge is -2.14. The first kappa shape index (κ1) is 17.1. The van der Waals surface area contributed by atoms with E-state index in [1.807, 2.05) is 0 Å². The van der Waals surface area contributed by atoms with Crippen molar-refractivity contribution in [2.75, 3.05) is 0 Å². The van der Waals surface area contributed by atoms with Crippen molar-refractivity contribution < 1.29 is 24.5 Å². The van der Waals surface area contributed by atoms with Crippen LogP contribution in [0.4, 0.5) is 0 Å². The summed E-state index contributed by atoms with van der Waals surface area (Å²) in [5, 5.41) is 19.2. The maximum Gasteiger partial charge on any atom is 0.316 e. The number of carbonyl (C=O) groups is 2. The molecule has 2 atom stereocenters.